The van der Waals surface area contributed by atoms with Crippen molar-refractivity contribution < 1.29 is 19.1 Å². The van der Waals surface area contributed by atoms with E-state index in [2.05, 4.69) is 5.32 Å². The number of ether oxygens (including phenoxy) is 2. The van der Waals surface area contributed by atoms with Gasteiger partial charge < -0.3 is 19.4 Å². The lowest BCUT2D eigenvalue weighted by atomic mass is 10.1. The number of anilines is 1. The predicted molar refractivity (Wildman–Crippen MR) is 115 cm³/mol. The fourth-order valence-corrected chi connectivity index (χ4v) is 3.23. The number of nitrogens with one attached hydrogen (secondary N) is 1. The van der Waals surface area contributed by atoms with Gasteiger partial charge in [-0.25, -0.2) is 4.79 Å². The quantitative estimate of drug-likeness (QED) is 0.371. The molecule has 0 radical (unpaired) electrons. The second kappa shape index (κ2) is 10.8. The Morgan fingerprint density at radius 2 is 2.00 bits per heavy atom. The van der Waals surface area contributed by atoms with E-state index in [9.17, 15) is 14.9 Å². The van der Waals surface area contributed by atoms with Crippen LogP contribution in [0.15, 0.2) is 29.8 Å². The standard InChI is InChI=1S/C21H21Cl2N3O4/c1-13-8-15(14(2)26(13)6-7-29-3)9-16(11-24)21(28)30-12-20(27)25-19-5-4-17(22)10-18(19)23/h4-5,8-10H,6-7,12H2,1-3H3,(H,25,27)/b16-9+. The minimum atomic E-state index is -0.892. The van der Waals surface area contributed by atoms with Crippen LogP contribution in [0.3, 0.4) is 0 Å². The van der Waals surface area contributed by atoms with Crippen LogP contribution in [0.2, 0.25) is 10.0 Å². The van der Waals surface area contributed by atoms with E-state index in [1.54, 1.807) is 13.2 Å². The molecule has 1 N–H and O–H groups in total. The average molecular weight is 450 g/mol. The van der Waals surface area contributed by atoms with Gasteiger partial charge in [-0.1, -0.05) is 23.2 Å². The van der Waals surface area contributed by atoms with E-state index in [1.165, 1.54) is 18.2 Å². The Labute approximate surface area is 184 Å². The van der Waals surface area contributed by atoms with E-state index >= 15 is 0 Å². The molecule has 0 aliphatic carbocycles. The number of hydrogen-bond acceptors (Lipinski definition) is 5. The third-order valence-corrected chi connectivity index (χ3v) is 4.86. The van der Waals surface area contributed by atoms with Crippen molar-refractivity contribution in [2.24, 2.45) is 0 Å². The van der Waals surface area contributed by atoms with Crippen LogP contribution in [0.1, 0.15) is 17.0 Å². The Bertz CT molecular complexity index is 1020. The van der Waals surface area contributed by atoms with Gasteiger partial charge in [0.05, 0.1) is 17.3 Å². The van der Waals surface area contributed by atoms with E-state index in [0.29, 0.717) is 23.9 Å². The summed E-state index contributed by atoms with van der Waals surface area (Å²) in [6, 6.07) is 8.26. The summed E-state index contributed by atoms with van der Waals surface area (Å²) >= 11 is 11.8. The number of methoxy groups -OCH3 is 1. The lowest BCUT2D eigenvalue weighted by Gasteiger charge is -2.09. The maximum absolute atomic E-state index is 12.3. The number of aryl methyl sites for hydroxylation is 1. The number of halogens is 2. The van der Waals surface area contributed by atoms with Crippen LogP contribution < -0.4 is 5.32 Å². The molecule has 0 atom stereocenters. The summed E-state index contributed by atoms with van der Waals surface area (Å²) in [4.78, 5) is 24.3. The molecular weight excluding hydrogens is 429 g/mol. The van der Waals surface area contributed by atoms with Gasteiger partial charge in [0.25, 0.3) is 5.91 Å². The first-order valence-electron chi connectivity index (χ1n) is 8.96. The van der Waals surface area contributed by atoms with Gasteiger partial charge in [-0.2, -0.15) is 5.26 Å². The van der Waals surface area contributed by atoms with Crippen molar-refractivity contribution in [1.29, 1.82) is 5.26 Å². The van der Waals surface area contributed by atoms with Gasteiger partial charge in [-0.15, -0.1) is 0 Å². The smallest absolute Gasteiger partial charge is 0.349 e. The molecule has 0 saturated carbocycles. The SMILES string of the molecule is COCCn1c(C)cc(/C=C(\C#N)C(=O)OCC(=O)Nc2ccc(Cl)cc2Cl)c1C. The highest BCUT2D eigenvalue weighted by Crippen LogP contribution is 2.25. The minimum absolute atomic E-state index is 0.209. The van der Waals surface area contributed by atoms with Crippen LogP contribution in [0.4, 0.5) is 5.69 Å². The summed E-state index contributed by atoms with van der Waals surface area (Å²) < 4.78 is 12.1. The molecule has 0 bridgehead atoms. The molecule has 0 aliphatic heterocycles. The number of carbonyl (C=O) groups excluding carboxylic acids is 2. The van der Waals surface area contributed by atoms with Crippen molar-refractivity contribution in [2.75, 3.05) is 25.6 Å². The summed E-state index contributed by atoms with van der Waals surface area (Å²) in [6.45, 7) is 4.44. The van der Waals surface area contributed by atoms with Gasteiger partial charge in [-0.3, -0.25) is 4.79 Å². The van der Waals surface area contributed by atoms with E-state index in [1.807, 2.05) is 30.6 Å². The number of carbonyl (C=O) groups is 2. The molecule has 158 valence electrons. The molecule has 30 heavy (non-hydrogen) atoms. The highest BCUT2D eigenvalue weighted by atomic mass is 35.5. The largest absolute Gasteiger partial charge is 0.451 e. The molecular formula is C21H21Cl2N3O4. The second-order valence-electron chi connectivity index (χ2n) is 6.39. The van der Waals surface area contributed by atoms with Gasteiger partial charge in [0, 0.05) is 30.1 Å². The van der Waals surface area contributed by atoms with Gasteiger partial charge in [0.1, 0.15) is 11.6 Å². The summed E-state index contributed by atoms with van der Waals surface area (Å²) in [5, 5.41) is 12.5. The molecule has 0 spiro atoms. The number of aromatic nitrogens is 1. The van der Waals surface area contributed by atoms with Crippen molar-refractivity contribution >= 4 is 46.8 Å². The van der Waals surface area contributed by atoms with Gasteiger partial charge in [0.2, 0.25) is 0 Å². The molecule has 1 amide bonds. The van der Waals surface area contributed by atoms with Crippen LogP contribution in [0, 0.1) is 25.2 Å². The number of nitrogens with zero attached hydrogens (tertiary/aromatic N) is 2. The number of benzene rings is 1. The summed E-state index contributed by atoms with van der Waals surface area (Å²) in [5.41, 5.74) is 2.70. The summed E-state index contributed by atoms with van der Waals surface area (Å²) in [7, 11) is 1.62. The van der Waals surface area contributed by atoms with E-state index in [4.69, 9.17) is 32.7 Å². The highest BCUT2D eigenvalue weighted by Gasteiger charge is 2.16. The Kier molecular flexibility index (Phi) is 8.48. The molecule has 1 aromatic heterocycles. The Morgan fingerprint density at radius 3 is 2.63 bits per heavy atom. The van der Waals surface area contributed by atoms with Crippen molar-refractivity contribution in [1.82, 2.24) is 4.57 Å². The summed E-state index contributed by atoms with van der Waals surface area (Å²) in [5.74, 6) is -1.49. The monoisotopic (exact) mass is 449 g/mol. The number of esters is 1. The van der Waals surface area contributed by atoms with Crippen LogP contribution in [-0.2, 0) is 25.6 Å². The molecule has 0 fully saturated rings. The zero-order valence-corrected chi connectivity index (χ0v) is 18.3. The lowest BCUT2D eigenvalue weighted by Crippen LogP contribution is -2.21. The van der Waals surface area contributed by atoms with Crippen LogP contribution in [0.25, 0.3) is 6.08 Å². The minimum Gasteiger partial charge on any atom is -0.451 e. The maximum Gasteiger partial charge on any atom is 0.349 e. The number of amides is 1. The normalized spacial score (nSPS) is 11.1. The van der Waals surface area contributed by atoms with Crippen LogP contribution in [0.5, 0.6) is 0 Å². The van der Waals surface area contributed by atoms with Crippen LogP contribution in [-0.4, -0.2) is 36.8 Å². The van der Waals surface area contributed by atoms with Crippen LogP contribution >= 0.6 is 23.2 Å². The molecule has 7 nitrogen and oxygen atoms in total. The highest BCUT2D eigenvalue weighted by molar-refractivity contribution is 6.36. The first kappa shape index (κ1) is 23.5. The molecule has 0 unspecified atom stereocenters. The van der Waals surface area contributed by atoms with Crippen molar-refractivity contribution in [3.8, 4) is 6.07 Å². The molecule has 2 rings (SSSR count). The molecule has 2 aromatic rings. The van der Waals surface area contributed by atoms with E-state index < -0.39 is 18.5 Å². The van der Waals surface area contributed by atoms with Crippen molar-refractivity contribution in [3.63, 3.8) is 0 Å². The Morgan fingerprint density at radius 1 is 1.27 bits per heavy atom. The topological polar surface area (TPSA) is 93.3 Å². The maximum atomic E-state index is 12.3. The van der Waals surface area contributed by atoms with Crippen molar-refractivity contribution in [2.45, 2.75) is 20.4 Å². The summed E-state index contributed by atoms with van der Waals surface area (Å²) in [6.07, 6.45) is 1.45. The number of nitriles is 1. The van der Waals surface area contributed by atoms with Gasteiger partial charge >= 0.3 is 5.97 Å². The molecule has 9 heteroatoms. The number of rotatable bonds is 8. The third kappa shape index (κ3) is 6.10. The Hall–Kier alpha value is -2.79. The van der Waals surface area contributed by atoms with E-state index in [-0.39, 0.29) is 10.6 Å². The molecule has 1 aromatic carbocycles. The van der Waals surface area contributed by atoms with Gasteiger partial charge in [0.15, 0.2) is 6.61 Å². The lowest BCUT2D eigenvalue weighted by molar-refractivity contribution is -0.142. The second-order valence-corrected chi connectivity index (χ2v) is 7.23. The zero-order valence-electron chi connectivity index (χ0n) is 16.8. The average Bonchev–Trinajstić information content (AvgIpc) is 2.97. The number of hydrogen-bond donors (Lipinski definition) is 1. The van der Waals surface area contributed by atoms with E-state index in [0.717, 1.165) is 17.0 Å². The third-order valence-electron chi connectivity index (χ3n) is 4.31. The fourth-order valence-electron chi connectivity index (χ4n) is 2.78. The molecule has 0 saturated heterocycles. The molecule has 0 aliphatic rings. The fraction of sp³-hybridized carbons (Fsp3) is 0.286. The predicted octanol–water partition coefficient (Wildman–Crippen LogP) is 4.15. The zero-order chi connectivity index (χ0) is 22.3. The van der Waals surface area contributed by atoms with Crippen molar-refractivity contribution in [3.05, 3.63) is 56.8 Å². The van der Waals surface area contributed by atoms with Gasteiger partial charge in [-0.05, 0) is 49.8 Å². The Balaban J connectivity index is 2.04. The first-order chi connectivity index (χ1) is 14.3. The molecule has 1 heterocycles. The first-order valence-corrected chi connectivity index (χ1v) is 9.72.